The van der Waals surface area contributed by atoms with Crippen molar-refractivity contribution in [3.8, 4) is 11.1 Å². The van der Waals surface area contributed by atoms with Gasteiger partial charge in [-0.25, -0.2) is 17.4 Å². The van der Waals surface area contributed by atoms with Gasteiger partial charge in [-0.05, 0) is 55.4 Å². The predicted octanol–water partition coefficient (Wildman–Crippen LogP) is 3.94. The molecule has 0 unspecified atom stereocenters. The number of aryl methyl sites for hydroxylation is 1. The number of nitrogens with one attached hydrogen (secondary N) is 1. The van der Waals surface area contributed by atoms with E-state index in [0.29, 0.717) is 17.6 Å². The second kappa shape index (κ2) is 9.93. The van der Waals surface area contributed by atoms with Crippen LogP contribution in [0, 0.1) is 0 Å². The minimum absolute atomic E-state index is 0.236. The lowest BCUT2D eigenvalue weighted by molar-refractivity contribution is 0.191. The maximum Gasteiger partial charge on any atom is 0.269 e. The molecule has 35 heavy (non-hydrogen) atoms. The molecule has 0 atom stereocenters. The molecule has 9 heteroatoms. The molecule has 4 aromatic rings. The highest BCUT2D eigenvalue weighted by atomic mass is 32.2. The van der Waals surface area contributed by atoms with E-state index in [0.717, 1.165) is 60.9 Å². The van der Waals surface area contributed by atoms with Crippen LogP contribution < -0.4 is 5.32 Å². The van der Waals surface area contributed by atoms with E-state index in [-0.39, 0.29) is 4.90 Å². The van der Waals surface area contributed by atoms with Gasteiger partial charge in [0.2, 0.25) is 0 Å². The minimum atomic E-state index is -3.79. The van der Waals surface area contributed by atoms with Gasteiger partial charge >= 0.3 is 0 Å². The summed E-state index contributed by atoms with van der Waals surface area (Å²) < 4.78 is 35.2. The van der Waals surface area contributed by atoms with Gasteiger partial charge in [0.1, 0.15) is 0 Å². The number of hydrogen-bond donors (Lipinski definition) is 1. The van der Waals surface area contributed by atoms with Gasteiger partial charge in [0.25, 0.3) is 10.0 Å². The van der Waals surface area contributed by atoms with Crippen LogP contribution in [0.4, 0.5) is 0 Å². The van der Waals surface area contributed by atoms with Crippen molar-refractivity contribution in [3.05, 3.63) is 66.7 Å². The van der Waals surface area contributed by atoms with Gasteiger partial charge in [0, 0.05) is 61.8 Å². The topological polar surface area (TPSA) is 91.0 Å². The Morgan fingerprint density at radius 1 is 1.09 bits per heavy atom. The number of hydrogen-bond acceptors (Lipinski definition) is 6. The molecule has 0 aliphatic heterocycles. The van der Waals surface area contributed by atoms with Gasteiger partial charge in [-0.15, -0.1) is 0 Å². The standard InChI is InChI=1S/C26H31N5O3S/c1-30-17-21(16-29-30)25-18-31(35(32,33)23-6-4-3-5-7-23)26-24(25)14-20(15-28-26)19-8-10-22(11-9-19)27-12-13-34-2/h3-7,14-19,22,27H,8-13H2,1-2H3. The van der Waals surface area contributed by atoms with Crippen LogP contribution in [-0.2, 0) is 21.8 Å². The number of nitrogens with zero attached hydrogens (tertiary/aromatic N) is 4. The van der Waals surface area contributed by atoms with Gasteiger partial charge in [-0.1, -0.05) is 18.2 Å². The molecule has 1 aromatic carbocycles. The van der Waals surface area contributed by atoms with Gasteiger partial charge in [-0.2, -0.15) is 5.10 Å². The van der Waals surface area contributed by atoms with Crippen molar-refractivity contribution in [2.45, 2.75) is 42.5 Å². The van der Waals surface area contributed by atoms with Gasteiger partial charge in [0.15, 0.2) is 5.65 Å². The fraction of sp³-hybridized carbons (Fsp3) is 0.385. The Morgan fingerprint density at radius 2 is 1.86 bits per heavy atom. The Bertz CT molecular complexity index is 1400. The third-order valence-electron chi connectivity index (χ3n) is 6.89. The summed E-state index contributed by atoms with van der Waals surface area (Å²) in [5.41, 5.74) is 3.28. The zero-order valence-electron chi connectivity index (χ0n) is 20.1. The quantitative estimate of drug-likeness (QED) is 0.374. The Labute approximate surface area is 206 Å². The van der Waals surface area contributed by atoms with E-state index in [9.17, 15) is 8.42 Å². The predicted molar refractivity (Wildman–Crippen MR) is 136 cm³/mol. The molecule has 184 valence electrons. The highest BCUT2D eigenvalue weighted by Crippen LogP contribution is 2.37. The lowest BCUT2D eigenvalue weighted by Crippen LogP contribution is -2.34. The molecule has 1 aliphatic carbocycles. The summed E-state index contributed by atoms with van der Waals surface area (Å²) in [5.74, 6) is 0.406. The SMILES string of the molecule is COCCNC1CCC(c2cnc3c(c2)c(-c2cnn(C)c2)cn3S(=O)(=O)c2ccccc2)CC1. The summed E-state index contributed by atoms with van der Waals surface area (Å²) >= 11 is 0. The number of fused-ring (bicyclic) bond motifs is 1. The molecule has 0 radical (unpaired) electrons. The van der Waals surface area contributed by atoms with Crippen LogP contribution in [0.15, 0.2) is 66.1 Å². The number of benzene rings is 1. The van der Waals surface area contributed by atoms with Gasteiger partial charge in [0.05, 0.1) is 17.7 Å². The molecular formula is C26H31N5O3S. The molecular weight excluding hydrogens is 462 g/mol. The zero-order valence-corrected chi connectivity index (χ0v) is 20.9. The van der Waals surface area contributed by atoms with Crippen molar-refractivity contribution in [3.63, 3.8) is 0 Å². The first-order chi connectivity index (χ1) is 17.0. The molecule has 0 spiro atoms. The minimum Gasteiger partial charge on any atom is -0.383 e. The highest BCUT2D eigenvalue weighted by Gasteiger charge is 2.26. The summed E-state index contributed by atoms with van der Waals surface area (Å²) in [6, 6.07) is 11.1. The monoisotopic (exact) mass is 493 g/mol. The maximum absolute atomic E-state index is 13.5. The van der Waals surface area contributed by atoms with E-state index in [1.54, 1.807) is 54.5 Å². The molecule has 1 saturated carbocycles. The molecule has 8 nitrogen and oxygen atoms in total. The van der Waals surface area contributed by atoms with Crippen LogP contribution in [-0.4, -0.2) is 53.5 Å². The lowest BCUT2D eigenvalue weighted by atomic mass is 9.82. The Morgan fingerprint density at radius 3 is 2.54 bits per heavy atom. The molecule has 0 bridgehead atoms. The molecule has 3 aromatic heterocycles. The number of methoxy groups -OCH3 is 1. The number of pyridine rings is 1. The molecule has 1 N–H and O–H groups in total. The average molecular weight is 494 g/mol. The van der Waals surface area contributed by atoms with Crippen LogP contribution in [0.1, 0.15) is 37.2 Å². The van der Waals surface area contributed by atoms with E-state index in [1.807, 2.05) is 19.4 Å². The number of rotatable bonds is 8. The smallest absolute Gasteiger partial charge is 0.269 e. The van der Waals surface area contributed by atoms with E-state index < -0.39 is 10.0 Å². The third kappa shape index (κ3) is 4.76. The second-order valence-corrected chi connectivity index (χ2v) is 11.0. The Kier molecular flexibility index (Phi) is 6.73. The first-order valence-electron chi connectivity index (χ1n) is 12.0. The Hall–Kier alpha value is -3.01. The van der Waals surface area contributed by atoms with Crippen LogP contribution in [0.2, 0.25) is 0 Å². The maximum atomic E-state index is 13.5. The summed E-state index contributed by atoms with van der Waals surface area (Å²) in [6.45, 7) is 1.59. The highest BCUT2D eigenvalue weighted by molar-refractivity contribution is 7.90. The summed E-state index contributed by atoms with van der Waals surface area (Å²) in [7, 11) is -0.218. The van der Waals surface area contributed by atoms with E-state index in [1.165, 1.54) is 3.97 Å². The lowest BCUT2D eigenvalue weighted by Gasteiger charge is -2.29. The second-order valence-electron chi connectivity index (χ2n) is 9.19. The largest absolute Gasteiger partial charge is 0.383 e. The van der Waals surface area contributed by atoms with Crippen molar-refractivity contribution in [1.29, 1.82) is 0 Å². The van der Waals surface area contributed by atoms with E-state index >= 15 is 0 Å². The normalized spacial score (nSPS) is 18.8. The van der Waals surface area contributed by atoms with Crippen LogP contribution in [0.25, 0.3) is 22.2 Å². The molecule has 5 rings (SSSR count). The first-order valence-corrected chi connectivity index (χ1v) is 13.4. The third-order valence-corrected chi connectivity index (χ3v) is 8.55. The van der Waals surface area contributed by atoms with E-state index in [4.69, 9.17) is 9.72 Å². The molecule has 1 fully saturated rings. The van der Waals surface area contributed by atoms with Crippen molar-refractivity contribution in [2.75, 3.05) is 20.3 Å². The van der Waals surface area contributed by atoms with Crippen molar-refractivity contribution in [2.24, 2.45) is 7.05 Å². The molecule has 1 aliphatic rings. The molecule has 0 saturated heterocycles. The summed E-state index contributed by atoms with van der Waals surface area (Å²) in [6.07, 6.45) is 11.5. The van der Waals surface area contributed by atoms with Crippen LogP contribution >= 0.6 is 0 Å². The van der Waals surface area contributed by atoms with Gasteiger partial charge < -0.3 is 10.1 Å². The molecule has 0 amide bonds. The fourth-order valence-electron chi connectivity index (χ4n) is 4.99. The van der Waals surface area contributed by atoms with Crippen molar-refractivity contribution < 1.29 is 13.2 Å². The van der Waals surface area contributed by atoms with Crippen molar-refractivity contribution in [1.82, 2.24) is 24.1 Å². The number of ether oxygens (including phenoxy) is 1. The first kappa shape index (κ1) is 23.7. The molecule has 3 heterocycles. The fourth-order valence-corrected chi connectivity index (χ4v) is 6.34. The zero-order chi connectivity index (χ0) is 24.4. The van der Waals surface area contributed by atoms with Gasteiger partial charge in [-0.3, -0.25) is 4.68 Å². The van der Waals surface area contributed by atoms with Crippen LogP contribution in [0.5, 0.6) is 0 Å². The summed E-state index contributed by atoms with van der Waals surface area (Å²) in [5, 5.41) is 8.70. The van der Waals surface area contributed by atoms with E-state index in [2.05, 4.69) is 16.5 Å². The van der Waals surface area contributed by atoms with Crippen molar-refractivity contribution >= 4 is 21.1 Å². The van der Waals surface area contributed by atoms with Crippen LogP contribution in [0.3, 0.4) is 0 Å². The number of aromatic nitrogens is 4. The average Bonchev–Trinajstić information content (AvgIpc) is 3.48. The Balaban J connectivity index is 1.51. The summed E-state index contributed by atoms with van der Waals surface area (Å²) in [4.78, 5) is 4.94.